The van der Waals surface area contributed by atoms with Gasteiger partial charge in [-0.05, 0) is 37.5 Å². The van der Waals surface area contributed by atoms with Crippen molar-refractivity contribution < 1.29 is 34.1 Å². The quantitative estimate of drug-likeness (QED) is 0.659. The van der Waals surface area contributed by atoms with Crippen LogP contribution in [-0.2, 0) is 20.9 Å². The van der Waals surface area contributed by atoms with E-state index in [1.54, 1.807) is 0 Å². The van der Waals surface area contributed by atoms with E-state index >= 15 is 0 Å². The number of carboxylic acids is 2. The molecule has 1 atom stereocenters. The Morgan fingerprint density at radius 1 is 0.935 bits per heavy atom. The monoisotopic (exact) mass is 435 g/mol. The Morgan fingerprint density at radius 3 is 2.16 bits per heavy atom. The van der Waals surface area contributed by atoms with Crippen LogP contribution in [0.2, 0.25) is 0 Å². The Morgan fingerprint density at radius 2 is 1.55 bits per heavy atom. The molecule has 4 rings (SSSR count). The summed E-state index contributed by atoms with van der Waals surface area (Å²) in [6, 6.07) is 6.18. The van der Waals surface area contributed by atoms with Crippen molar-refractivity contribution >= 4 is 17.8 Å². The summed E-state index contributed by atoms with van der Waals surface area (Å²) in [4.78, 5) is 37.6. The lowest BCUT2D eigenvalue weighted by molar-refractivity contribution is -0.159. The van der Waals surface area contributed by atoms with Crippen LogP contribution < -0.4 is 9.47 Å². The first-order valence-corrected chi connectivity index (χ1v) is 10.4. The number of rotatable bonds is 4. The van der Waals surface area contributed by atoms with Crippen LogP contribution in [0.15, 0.2) is 18.2 Å². The lowest BCUT2D eigenvalue weighted by Gasteiger charge is -2.38. The van der Waals surface area contributed by atoms with Crippen molar-refractivity contribution in [2.75, 3.05) is 46.1 Å². The molecule has 2 fully saturated rings. The number of carbonyl (C=O) groups excluding carboxylic acids is 1. The van der Waals surface area contributed by atoms with Crippen LogP contribution >= 0.6 is 0 Å². The molecule has 3 aliphatic heterocycles. The molecule has 0 aliphatic carbocycles. The van der Waals surface area contributed by atoms with Crippen LogP contribution in [-0.4, -0.2) is 94.9 Å². The third-order valence-electron chi connectivity index (χ3n) is 5.76. The van der Waals surface area contributed by atoms with Crippen LogP contribution in [0.1, 0.15) is 25.3 Å². The number of benzene rings is 1. The van der Waals surface area contributed by atoms with Crippen molar-refractivity contribution in [1.82, 2.24) is 14.7 Å². The van der Waals surface area contributed by atoms with Gasteiger partial charge in [0.05, 0.1) is 6.04 Å². The van der Waals surface area contributed by atoms with E-state index in [2.05, 4.69) is 28.9 Å². The molecule has 1 amide bonds. The summed E-state index contributed by atoms with van der Waals surface area (Å²) in [5.41, 5.74) is 1.25. The van der Waals surface area contributed by atoms with Crippen molar-refractivity contribution in [3.63, 3.8) is 0 Å². The van der Waals surface area contributed by atoms with Gasteiger partial charge >= 0.3 is 11.9 Å². The third kappa shape index (κ3) is 6.08. The van der Waals surface area contributed by atoms with Gasteiger partial charge in [-0.25, -0.2) is 9.59 Å². The first-order valence-electron chi connectivity index (χ1n) is 10.4. The molecule has 0 spiro atoms. The molecule has 0 aromatic heterocycles. The molecule has 170 valence electrons. The summed E-state index contributed by atoms with van der Waals surface area (Å²) >= 11 is 0. The first kappa shape index (κ1) is 22.8. The minimum Gasteiger partial charge on any atom is -0.473 e. The Hall–Kier alpha value is -2.85. The van der Waals surface area contributed by atoms with Crippen LogP contribution in [0, 0.1) is 0 Å². The van der Waals surface area contributed by atoms with Gasteiger partial charge in [-0.2, -0.15) is 0 Å². The predicted octanol–water partition coefficient (Wildman–Crippen LogP) is 0.699. The fraction of sp³-hybridized carbons (Fsp3) is 0.571. The van der Waals surface area contributed by atoms with Gasteiger partial charge in [0.15, 0.2) is 11.5 Å². The minimum atomic E-state index is -1.82. The van der Waals surface area contributed by atoms with Crippen LogP contribution in [0.4, 0.5) is 0 Å². The van der Waals surface area contributed by atoms with Gasteiger partial charge in [-0.3, -0.25) is 14.6 Å². The predicted molar refractivity (Wildman–Crippen MR) is 110 cm³/mol. The molecule has 2 saturated heterocycles. The normalized spacial score (nSPS) is 19.5. The van der Waals surface area contributed by atoms with E-state index in [0.29, 0.717) is 12.7 Å². The molecule has 10 heteroatoms. The second-order valence-electron chi connectivity index (χ2n) is 7.82. The highest BCUT2D eigenvalue weighted by atomic mass is 16.7. The molecular weight excluding hydrogens is 406 g/mol. The summed E-state index contributed by atoms with van der Waals surface area (Å²) in [5.74, 6) is -1.66. The number of nitrogens with zero attached hydrogens (tertiary/aromatic N) is 3. The summed E-state index contributed by atoms with van der Waals surface area (Å²) in [6.45, 7) is 9.06. The van der Waals surface area contributed by atoms with Gasteiger partial charge in [0, 0.05) is 45.8 Å². The standard InChI is InChI=1S/C19H27N3O3.C2H2O4/c1-15(19(23)22-6-2-3-7-22)21-10-8-20(9-11-21)13-16-4-5-17-18(12-16)25-14-24-17;3-1(4)2(5)6/h4-5,12,15H,2-3,6-11,13-14H2,1H3;(H,3,4)(H,5,6). The molecule has 2 N–H and O–H groups in total. The molecule has 0 saturated carbocycles. The molecule has 3 heterocycles. The topological polar surface area (TPSA) is 120 Å². The zero-order chi connectivity index (χ0) is 22.4. The van der Waals surface area contributed by atoms with Crippen molar-refractivity contribution in [2.45, 2.75) is 32.4 Å². The summed E-state index contributed by atoms with van der Waals surface area (Å²) < 4.78 is 10.8. The first-order chi connectivity index (χ1) is 14.8. The number of fused-ring (bicyclic) bond motifs is 1. The molecular formula is C21H29N3O7. The van der Waals surface area contributed by atoms with Crippen LogP contribution in [0.5, 0.6) is 11.5 Å². The SMILES string of the molecule is CC(C(=O)N1CCCC1)N1CCN(Cc2ccc3c(c2)OCO3)CC1.O=C(O)C(=O)O. The summed E-state index contributed by atoms with van der Waals surface area (Å²) in [6.07, 6.45) is 2.31. The molecule has 0 bridgehead atoms. The van der Waals surface area contributed by atoms with Crippen molar-refractivity contribution in [3.05, 3.63) is 23.8 Å². The average Bonchev–Trinajstić information content (AvgIpc) is 3.45. The number of likely N-dealkylation sites (tertiary alicyclic amines) is 1. The molecule has 1 aromatic rings. The van der Waals surface area contributed by atoms with E-state index in [1.165, 1.54) is 5.56 Å². The maximum Gasteiger partial charge on any atom is 0.414 e. The Bertz CT molecular complexity index is 790. The lowest BCUT2D eigenvalue weighted by atomic mass is 10.1. The van der Waals surface area contributed by atoms with Crippen LogP contribution in [0.25, 0.3) is 0 Å². The highest BCUT2D eigenvalue weighted by Crippen LogP contribution is 2.32. The molecule has 1 aromatic carbocycles. The van der Waals surface area contributed by atoms with Crippen molar-refractivity contribution in [3.8, 4) is 11.5 Å². The second-order valence-corrected chi connectivity index (χ2v) is 7.82. The van der Waals surface area contributed by atoms with Crippen molar-refractivity contribution in [2.24, 2.45) is 0 Å². The molecule has 0 radical (unpaired) electrons. The number of hydrogen-bond donors (Lipinski definition) is 2. The van der Waals surface area contributed by atoms with E-state index in [4.69, 9.17) is 29.3 Å². The fourth-order valence-corrected chi connectivity index (χ4v) is 3.96. The Kier molecular flexibility index (Phi) is 7.69. The highest BCUT2D eigenvalue weighted by molar-refractivity contribution is 6.27. The van der Waals surface area contributed by atoms with Gasteiger partial charge in [0.25, 0.3) is 0 Å². The average molecular weight is 435 g/mol. The molecule has 10 nitrogen and oxygen atoms in total. The Balaban J connectivity index is 0.000000401. The number of hydrogen-bond acceptors (Lipinski definition) is 7. The largest absolute Gasteiger partial charge is 0.473 e. The van der Waals surface area contributed by atoms with E-state index < -0.39 is 11.9 Å². The molecule has 31 heavy (non-hydrogen) atoms. The van der Waals surface area contributed by atoms with Crippen LogP contribution in [0.3, 0.4) is 0 Å². The van der Waals surface area contributed by atoms with Crippen molar-refractivity contribution in [1.29, 1.82) is 0 Å². The number of carbonyl (C=O) groups is 3. The third-order valence-corrected chi connectivity index (χ3v) is 5.76. The maximum atomic E-state index is 12.6. The second kappa shape index (κ2) is 10.5. The minimum absolute atomic E-state index is 0.00536. The van der Waals surface area contributed by atoms with E-state index in [-0.39, 0.29) is 6.04 Å². The Labute approximate surface area is 180 Å². The van der Waals surface area contributed by atoms with Gasteiger partial charge in [-0.1, -0.05) is 6.07 Å². The van der Waals surface area contributed by atoms with E-state index in [9.17, 15) is 4.79 Å². The van der Waals surface area contributed by atoms with Gasteiger partial charge < -0.3 is 24.6 Å². The molecule has 3 aliphatic rings. The summed E-state index contributed by atoms with van der Waals surface area (Å²) in [5, 5.41) is 14.8. The zero-order valence-electron chi connectivity index (χ0n) is 17.7. The lowest BCUT2D eigenvalue weighted by Crippen LogP contribution is -2.54. The number of ether oxygens (including phenoxy) is 2. The van der Waals surface area contributed by atoms with Gasteiger partial charge in [-0.15, -0.1) is 0 Å². The fourth-order valence-electron chi connectivity index (χ4n) is 3.96. The molecule has 1 unspecified atom stereocenters. The highest BCUT2D eigenvalue weighted by Gasteiger charge is 2.30. The van der Waals surface area contributed by atoms with Gasteiger partial charge in [0.2, 0.25) is 12.7 Å². The zero-order valence-corrected chi connectivity index (χ0v) is 17.7. The number of piperazine rings is 1. The van der Waals surface area contributed by atoms with E-state index in [0.717, 1.165) is 70.2 Å². The number of carboxylic acid groups (broad SMARTS) is 2. The number of aliphatic carboxylic acids is 2. The smallest absolute Gasteiger partial charge is 0.414 e. The maximum absolute atomic E-state index is 12.6. The van der Waals surface area contributed by atoms with Gasteiger partial charge in [0.1, 0.15) is 0 Å². The summed E-state index contributed by atoms with van der Waals surface area (Å²) in [7, 11) is 0. The number of amides is 1. The van der Waals surface area contributed by atoms with E-state index in [1.807, 2.05) is 11.0 Å².